The molecule has 65 heavy (non-hydrogen) atoms. The molecule has 5 nitrogen and oxygen atoms in total. The van der Waals surface area contributed by atoms with Crippen LogP contribution in [0.2, 0.25) is 0 Å². The van der Waals surface area contributed by atoms with Crippen LogP contribution in [0.4, 0.5) is 0 Å². The molecule has 0 atom stereocenters. The Bertz CT molecular complexity index is 3470. The molecule has 1 aliphatic heterocycles. The van der Waals surface area contributed by atoms with Crippen molar-refractivity contribution in [2.75, 3.05) is 0 Å². The lowest BCUT2D eigenvalue weighted by Crippen LogP contribution is -2.28. The van der Waals surface area contributed by atoms with Gasteiger partial charge in [0.05, 0.1) is 28.4 Å². The first-order valence-corrected chi connectivity index (χ1v) is 21.7. The van der Waals surface area contributed by atoms with Crippen molar-refractivity contribution in [3.05, 3.63) is 252 Å². The first-order valence-electron chi connectivity index (χ1n) is 21.7. The van der Waals surface area contributed by atoms with Gasteiger partial charge in [-0.2, -0.15) is 5.26 Å². The van der Waals surface area contributed by atoms with E-state index in [1.54, 1.807) is 0 Å². The van der Waals surface area contributed by atoms with E-state index in [-0.39, 0.29) is 0 Å². The molecule has 2 aliphatic rings. The predicted octanol–water partition coefficient (Wildman–Crippen LogP) is 14.9. The molecule has 0 saturated heterocycles. The van der Waals surface area contributed by atoms with Gasteiger partial charge < -0.3 is 9.47 Å². The second-order valence-corrected chi connectivity index (χ2v) is 16.4. The molecule has 0 spiro atoms. The summed E-state index contributed by atoms with van der Waals surface area (Å²) < 4.78 is 13.7. The highest BCUT2D eigenvalue weighted by Crippen LogP contribution is 2.62. The van der Waals surface area contributed by atoms with E-state index >= 15 is 0 Å². The quantitative estimate of drug-likeness (QED) is 0.160. The summed E-state index contributed by atoms with van der Waals surface area (Å²) in [6.07, 6.45) is 0. The van der Waals surface area contributed by atoms with Crippen LogP contribution in [0.15, 0.2) is 224 Å². The molecule has 9 aromatic carbocycles. The van der Waals surface area contributed by atoms with Crippen LogP contribution in [-0.4, -0.2) is 9.97 Å². The van der Waals surface area contributed by atoms with Gasteiger partial charge in [-0.3, -0.25) is 0 Å². The minimum atomic E-state index is -0.538. The zero-order valence-corrected chi connectivity index (χ0v) is 35.0. The van der Waals surface area contributed by atoms with Gasteiger partial charge in [0, 0.05) is 22.3 Å². The van der Waals surface area contributed by atoms with E-state index in [2.05, 4.69) is 164 Å². The molecule has 0 unspecified atom stereocenters. The molecule has 1 aromatic heterocycles. The number of aromatic nitrogens is 2. The summed E-state index contributed by atoms with van der Waals surface area (Å²) in [7, 11) is 0. The smallest absolute Gasteiger partial charge is 0.178 e. The molecule has 10 aromatic rings. The first-order chi connectivity index (χ1) is 32.1. The highest BCUT2D eigenvalue weighted by atomic mass is 16.6. The third kappa shape index (κ3) is 6.39. The minimum Gasteiger partial charge on any atom is -0.449 e. The van der Waals surface area contributed by atoms with Crippen molar-refractivity contribution >= 4 is 0 Å². The summed E-state index contributed by atoms with van der Waals surface area (Å²) in [5.74, 6) is 3.35. The number of nitrogens with zero attached hydrogens (tertiary/aromatic N) is 3. The summed E-state index contributed by atoms with van der Waals surface area (Å²) >= 11 is 0. The first kappa shape index (κ1) is 37.9. The van der Waals surface area contributed by atoms with Gasteiger partial charge in [0.15, 0.2) is 28.8 Å². The predicted molar refractivity (Wildman–Crippen MR) is 258 cm³/mol. The van der Waals surface area contributed by atoms with Gasteiger partial charge in [-0.25, -0.2) is 9.97 Å². The van der Waals surface area contributed by atoms with E-state index in [0.29, 0.717) is 28.6 Å². The van der Waals surface area contributed by atoms with Gasteiger partial charge in [0.2, 0.25) is 0 Å². The Labute approximate surface area is 377 Å². The highest BCUT2D eigenvalue weighted by molar-refractivity contribution is 5.92. The Hall–Kier alpha value is -8.85. The van der Waals surface area contributed by atoms with Gasteiger partial charge >= 0.3 is 0 Å². The molecule has 12 rings (SSSR count). The third-order valence-corrected chi connectivity index (χ3v) is 12.6. The van der Waals surface area contributed by atoms with Crippen molar-refractivity contribution in [2.24, 2.45) is 0 Å². The van der Waals surface area contributed by atoms with Crippen molar-refractivity contribution < 1.29 is 9.47 Å². The molecule has 0 N–H and O–H groups in total. The number of ether oxygens (including phenoxy) is 2. The number of fused-ring (bicyclic) bond motifs is 6. The van der Waals surface area contributed by atoms with Crippen LogP contribution in [0.25, 0.3) is 67.3 Å². The summed E-state index contributed by atoms with van der Waals surface area (Å²) in [6, 6.07) is 79.4. The maximum Gasteiger partial charge on any atom is 0.178 e. The maximum atomic E-state index is 9.55. The Morgan fingerprint density at radius 1 is 0.385 bits per heavy atom. The van der Waals surface area contributed by atoms with Crippen LogP contribution in [0, 0.1) is 11.3 Å². The molecule has 0 bridgehead atoms. The van der Waals surface area contributed by atoms with E-state index in [9.17, 15) is 5.26 Å². The fourth-order valence-corrected chi connectivity index (χ4v) is 9.69. The summed E-state index contributed by atoms with van der Waals surface area (Å²) in [6.45, 7) is 0. The van der Waals surface area contributed by atoms with Crippen LogP contribution in [0.5, 0.6) is 23.0 Å². The van der Waals surface area contributed by atoms with Crippen molar-refractivity contribution in [3.8, 4) is 96.4 Å². The van der Waals surface area contributed by atoms with E-state index in [1.807, 2.05) is 66.7 Å². The lowest BCUT2D eigenvalue weighted by Gasteiger charge is -2.34. The summed E-state index contributed by atoms with van der Waals surface area (Å²) in [5.41, 5.74) is 15.5. The van der Waals surface area contributed by atoms with Crippen molar-refractivity contribution in [3.63, 3.8) is 0 Å². The molecule has 0 radical (unpaired) electrons. The Morgan fingerprint density at radius 2 is 0.923 bits per heavy atom. The van der Waals surface area contributed by atoms with Crippen LogP contribution in [-0.2, 0) is 5.41 Å². The SMILES string of the molecule is N#Cc1cccc(-c2cccc(-c3cc(-c4cccc(-c5ccc6c(c5)Oc5ccc7c(c5O6)-c5ccccc5C7(c5ccccc5)c5ccccc5)c4)nc(-c4ccccc4)n3)c2)c1. The Balaban J connectivity index is 0.916. The van der Waals surface area contributed by atoms with Gasteiger partial charge in [0.1, 0.15) is 0 Å². The van der Waals surface area contributed by atoms with Crippen LogP contribution in [0.3, 0.4) is 0 Å². The second-order valence-electron chi connectivity index (χ2n) is 16.4. The van der Waals surface area contributed by atoms with Crippen molar-refractivity contribution in [1.82, 2.24) is 9.97 Å². The second kappa shape index (κ2) is 15.5. The molecule has 0 fully saturated rings. The topological polar surface area (TPSA) is 68.0 Å². The molecule has 304 valence electrons. The summed E-state index contributed by atoms with van der Waals surface area (Å²) in [5, 5.41) is 9.55. The molecule has 2 heterocycles. The zero-order chi connectivity index (χ0) is 43.3. The fourth-order valence-electron chi connectivity index (χ4n) is 9.69. The lowest BCUT2D eigenvalue weighted by atomic mass is 9.68. The van der Waals surface area contributed by atoms with Crippen LogP contribution >= 0.6 is 0 Å². The highest BCUT2D eigenvalue weighted by Gasteiger charge is 2.48. The molecule has 1 aliphatic carbocycles. The van der Waals surface area contributed by atoms with E-state index < -0.39 is 5.41 Å². The average molecular weight is 832 g/mol. The monoisotopic (exact) mass is 831 g/mol. The number of benzene rings is 9. The van der Waals surface area contributed by atoms with Gasteiger partial charge in [0.25, 0.3) is 0 Å². The van der Waals surface area contributed by atoms with Crippen molar-refractivity contribution in [1.29, 1.82) is 5.26 Å². The molecule has 0 amide bonds. The largest absolute Gasteiger partial charge is 0.449 e. The number of hydrogen-bond acceptors (Lipinski definition) is 5. The standard InChI is InChI=1S/C60H37N3O2/c61-38-39-15-12-18-41(33-39)42-19-13-21-45(34-42)52-37-53(63-59(62-52)40-16-4-1-5-17-40)46-22-14-20-43(35-46)44-29-31-54-56(36-44)64-55-32-30-51-57(58(55)65-54)49-27-10-11-28-50(49)60(51,47-23-6-2-7-24-47)48-25-8-3-9-26-48/h1-37H. The molecular weight excluding hydrogens is 795 g/mol. The Kier molecular flexibility index (Phi) is 9.03. The molecular formula is C60H37N3O2. The van der Waals surface area contributed by atoms with Gasteiger partial charge in [-0.05, 0) is 98.6 Å². The van der Waals surface area contributed by atoms with E-state index in [1.165, 1.54) is 16.7 Å². The zero-order valence-electron chi connectivity index (χ0n) is 35.0. The van der Waals surface area contributed by atoms with Crippen LogP contribution in [0.1, 0.15) is 27.8 Å². The lowest BCUT2D eigenvalue weighted by molar-refractivity contribution is 0.360. The minimum absolute atomic E-state index is 0.538. The average Bonchev–Trinajstić information content (AvgIpc) is 3.70. The molecule has 0 saturated carbocycles. The number of nitriles is 1. The van der Waals surface area contributed by atoms with E-state index in [4.69, 9.17) is 19.4 Å². The summed E-state index contributed by atoms with van der Waals surface area (Å²) in [4.78, 5) is 10.2. The third-order valence-electron chi connectivity index (χ3n) is 12.6. The Morgan fingerprint density at radius 3 is 1.58 bits per heavy atom. The normalized spacial score (nSPS) is 12.7. The van der Waals surface area contributed by atoms with Gasteiger partial charge in [-0.15, -0.1) is 0 Å². The fraction of sp³-hybridized carbons (Fsp3) is 0.0167. The van der Waals surface area contributed by atoms with Gasteiger partial charge in [-0.1, -0.05) is 176 Å². The number of rotatable bonds is 7. The van der Waals surface area contributed by atoms with Crippen molar-refractivity contribution in [2.45, 2.75) is 5.41 Å². The number of hydrogen-bond donors (Lipinski definition) is 0. The molecule has 5 heteroatoms. The maximum absolute atomic E-state index is 9.55. The van der Waals surface area contributed by atoms with Crippen LogP contribution < -0.4 is 9.47 Å². The van der Waals surface area contributed by atoms with E-state index in [0.717, 1.165) is 72.8 Å².